The van der Waals surface area contributed by atoms with Gasteiger partial charge in [-0.25, -0.2) is 0 Å². The van der Waals surface area contributed by atoms with Crippen LogP contribution in [0.1, 0.15) is 40.5 Å². The van der Waals surface area contributed by atoms with Gasteiger partial charge in [-0.2, -0.15) is 0 Å². The van der Waals surface area contributed by atoms with Gasteiger partial charge in [0.2, 0.25) is 0 Å². The Bertz CT molecular complexity index is 175. The van der Waals surface area contributed by atoms with E-state index in [1.54, 1.807) is 0 Å². The van der Waals surface area contributed by atoms with Gasteiger partial charge in [-0.1, -0.05) is 27.7 Å². The molecule has 2 heteroatoms. The van der Waals surface area contributed by atoms with E-state index in [1.807, 2.05) is 0 Å². The highest BCUT2D eigenvalue weighted by Gasteiger charge is 2.27. The number of likely N-dealkylation sites (tertiary alicyclic amines) is 1. The maximum atomic E-state index is 6.09. The van der Waals surface area contributed by atoms with Crippen molar-refractivity contribution in [3.8, 4) is 0 Å². The lowest BCUT2D eigenvalue weighted by atomic mass is 9.84. The molecule has 1 heterocycles. The molecule has 1 fully saturated rings. The van der Waals surface area contributed by atoms with E-state index in [0.717, 1.165) is 6.54 Å². The van der Waals surface area contributed by atoms with Crippen molar-refractivity contribution in [2.24, 2.45) is 17.1 Å². The average Bonchev–Trinajstić information content (AvgIpc) is 2.01. The minimum absolute atomic E-state index is 0.337. The smallest absolute Gasteiger partial charge is 0.0191 e. The van der Waals surface area contributed by atoms with Crippen LogP contribution in [0.5, 0.6) is 0 Å². The summed E-state index contributed by atoms with van der Waals surface area (Å²) in [7, 11) is 0. The SMILES string of the molecule is CC(C)[C@@H](N)CN1CCCC(C)(C)C1. The topological polar surface area (TPSA) is 29.3 Å². The van der Waals surface area contributed by atoms with E-state index in [1.165, 1.54) is 25.9 Å². The molecule has 0 amide bonds. The van der Waals surface area contributed by atoms with Gasteiger partial charge in [0.25, 0.3) is 0 Å². The first kappa shape index (κ1) is 12.0. The van der Waals surface area contributed by atoms with Crippen molar-refractivity contribution in [1.82, 2.24) is 4.90 Å². The number of nitrogens with zero attached hydrogens (tertiary/aromatic N) is 1. The van der Waals surface area contributed by atoms with Crippen molar-refractivity contribution < 1.29 is 0 Å². The van der Waals surface area contributed by atoms with Crippen LogP contribution >= 0.6 is 0 Å². The molecule has 1 atom stereocenters. The van der Waals surface area contributed by atoms with Crippen LogP contribution in [0.3, 0.4) is 0 Å². The molecular formula is C12H26N2. The lowest BCUT2D eigenvalue weighted by Crippen LogP contribution is -2.47. The zero-order chi connectivity index (χ0) is 10.8. The van der Waals surface area contributed by atoms with Crippen LogP contribution in [0.4, 0.5) is 0 Å². The average molecular weight is 198 g/mol. The van der Waals surface area contributed by atoms with E-state index in [-0.39, 0.29) is 0 Å². The van der Waals surface area contributed by atoms with Crippen molar-refractivity contribution in [1.29, 1.82) is 0 Å². The van der Waals surface area contributed by atoms with Crippen molar-refractivity contribution in [3.63, 3.8) is 0 Å². The van der Waals surface area contributed by atoms with Gasteiger partial charge in [0.1, 0.15) is 0 Å². The first-order chi connectivity index (χ1) is 6.41. The lowest BCUT2D eigenvalue weighted by Gasteiger charge is -2.39. The van der Waals surface area contributed by atoms with Gasteiger partial charge < -0.3 is 10.6 Å². The molecule has 1 rings (SSSR count). The number of nitrogens with two attached hydrogens (primary N) is 1. The van der Waals surface area contributed by atoms with Crippen LogP contribution < -0.4 is 5.73 Å². The second-order valence-electron chi connectivity index (χ2n) is 5.91. The number of rotatable bonds is 3. The monoisotopic (exact) mass is 198 g/mol. The largest absolute Gasteiger partial charge is 0.326 e. The van der Waals surface area contributed by atoms with Gasteiger partial charge in [0, 0.05) is 19.1 Å². The summed E-state index contributed by atoms with van der Waals surface area (Å²) in [6, 6.07) is 0.337. The molecule has 84 valence electrons. The van der Waals surface area contributed by atoms with E-state index in [2.05, 4.69) is 32.6 Å². The maximum absolute atomic E-state index is 6.09. The highest BCUT2D eigenvalue weighted by atomic mass is 15.1. The third-order valence-electron chi connectivity index (χ3n) is 3.30. The van der Waals surface area contributed by atoms with E-state index >= 15 is 0 Å². The Kier molecular flexibility index (Phi) is 3.96. The van der Waals surface area contributed by atoms with E-state index in [4.69, 9.17) is 5.73 Å². The van der Waals surface area contributed by atoms with Crippen LogP contribution in [0.25, 0.3) is 0 Å². The van der Waals surface area contributed by atoms with E-state index < -0.39 is 0 Å². The molecule has 0 radical (unpaired) electrons. The molecule has 2 nitrogen and oxygen atoms in total. The van der Waals surface area contributed by atoms with Crippen molar-refractivity contribution in [3.05, 3.63) is 0 Å². The van der Waals surface area contributed by atoms with Gasteiger partial charge in [-0.15, -0.1) is 0 Å². The minimum atomic E-state index is 0.337. The molecule has 0 aliphatic carbocycles. The summed E-state index contributed by atoms with van der Waals surface area (Å²) in [5, 5.41) is 0. The summed E-state index contributed by atoms with van der Waals surface area (Å²) in [6.45, 7) is 12.7. The third kappa shape index (κ3) is 3.58. The summed E-state index contributed by atoms with van der Waals surface area (Å²) in [5.41, 5.74) is 6.59. The summed E-state index contributed by atoms with van der Waals surface area (Å²) in [6.07, 6.45) is 2.69. The van der Waals surface area contributed by atoms with Crippen LogP contribution in [0.2, 0.25) is 0 Å². The summed E-state index contributed by atoms with van der Waals surface area (Å²) in [4.78, 5) is 2.54. The predicted octanol–water partition coefficient (Wildman–Crippen LogP) is 2.09. The minimum Gasteiger partial charge on any atom is -0.326 e. The highest BCUT2D eigenvalue weighted by Crippen LogP contribution is 2.28. The fraction of sp³-hybridized carbons (Fsp3) is 1.00. The Balaban J connectivity index is 2.38. The first-order valence-corrected chi connectivity index (χ1v) is 5.89. The maximum Gasteiger partial charge on any atom is 0.0191 e. The molecule has 1 aliphatic rings. The van der Waals surface area contributed by atoms with Crippen molar-refractivity contribution >= 4 is 0 Å². The normalized spacial score (nSPS) is 25.3. The standard InChI is InChI=1S/C12H26N2/c1-10(2)11(13)8-14-7-5-6-12(3,4)9-14/h10-11H,5-9,13H2,1-4H3/t11-/m0/s1. The molecule has 1 aliphatic heterocycles. The summed E-state index contributed by atoms with van der Waals surface area (Å²) >= 11 is 0. The Labute approximate surface area is 88.8 Å². The summed E-state index contributed by atoms with van der Waals surface area (Å²) < 4.78 is 0. The van der Waals surface area contributed by atoms with E-state index in [9.17, 15) is 0 Å². The fourth-order valence-corrected chi connectivity index (χ4v) is 2.21. The molecule has 2 N–H and O–H groups in total. The van der Waals surface area contributed by atoms with E-state index in [0.29, 0.717) is 17.4 Å². The Hall–Kier alpha value is -0.0800. The molecule has 0 bridgehead atoms. The Morgan fingerprint density at radius 3 is 2.50 bits per heavy atom. The molecule has 0 aromatic carbocycles. The molecule has 14 heavy (non-hydrogen) atoms. The summed E-state index contributed by atoms with van der Waals surface area (Å²) in [5.74, 6) is 0.597. The first-order valence-electron chi connectivity index (χ1n) is 5.89. The second-order valence-corrected chi connectivity index (χ2v) is 5.91. The molecule has 0 spiro atoms. The zero-order valence-electron chi connectivity index (χ0n) is 10.2. The third-order valence-corrected chi connectivity index (χ3v) is 3.30. The van der Waals surface area contributed by atoms with Crippen molar-refractivity contribution in [2.75, 3.05) is 19.6 Å². The van der Waals surface area contributed by atoms with Gasteiger partial charge >= 0.3 is 0 Å². The fourth-order valence-electron chi connectivity index (χ4n) is 2.21. The molecular weight excluding hydrogens is 172 g/mol. The molecule has 0 aromatic heterocycles. The Morgan fingerprint density at radius 1 is 1.36 bits per heavy atom. The van der Waals surface area contributed by atoms with Crippen molar-refractivity contribution in [2.45, 2.75) is 46.6 Å². The number of hydrogen-bond donors (Lipinski definition) is 1. The Morgan fingerprint density at radius 2 is 2.00 bits per heavy atom. The van der Waals surface area contributed by atoms with Crippen LogP contribution in [0.15, 0.2) is 0 Å². The number of piperidine rings is 1. The lowest BCUT2D eigenvalue weighted by molar-refractivity contribution is 0.107. The molecule has 0 unspecified atom stereocenters. The predicted molar refractivity (Wildman–Crippen MR) is 62.3 cm³/mol. The van der Waals surface area contributed by atoms with Gasteiger partial charge in [-0.05, 0) is 30.7 Å². The zero-order valence-corrected chi connectivity index (χ0v) is 10.2. The van der Waals surface area contributed by atoms with Gasteiger partial charge in [0.05, 0.1) is 0 Å². The second kappa shape index (κ2) is 4.63. The molecule has 0 saturated carbocycles. The molecule has 1 saturated heterocycles. The highest BCUT2D eigenvalue weighted by molar-refractivity contribution is 4.82. The van der Waals surface area contributed by atoms with Crippen LogP contribution in [0, 0.1) is 11.3 Å². The van der Waals surface area contributed by atoms with Crippen LogP contribution in [-0.2, 0) is 0 Å². The quantitative estimate of drug-likeness (QED) is 0.752. The molecule has 0 aromatic rings. The van der Waals surface area contributed by atoms with Gasteiger partial charge in [-0.3, -0.25) is 0 Å². The van der Waals surface area contributed by atoms with Crippen LogP contribution in [-0.4, -0.2) is 30.6 Å². The van der Waals surface area contributed by atoms with Gasteiger partial charge in [0.15, 0.2) is 0 Å². The number of hydrogen-bond acceptors (Lipinski definition) is 2.